The second-order valence-electron chi connectivity index (χ2n) is 8.51. The lowest BCUT2D eigenvalue weighted by Crippen LogP contribution is -3.00. The average Bonchev–Trinajstić information content (AvgIpc) is 2.40. The van der Waals surface area contributed by atoms with Gasteiger partial charge in [0.05, 0.1) is 0 Å². The van der Waals surface area contributed by atoms with Crippen LogP contribution in [0.1, 0.15) is 63.9 Å². The van der Waals surface area contributed by atoms with Gasteiger partial charge in [0.1, 0.15) is 5.75 Å². The zero-order chi connectivity index (χ0) is 17.4. The molecule has 1 aromatic carbocycles. The molecule has 0 aliphatic rings. The second-order valence-corrected chi connectivity index (χ2v) is 8.51. The Labute approximate surface area is 153 Å². The largest absolute Gasteiger partial charge is 1.00 e. The highest BCUT2D eigenvalue weighted by molar-refractivity contribution is 5.49. The molecule has 0 aliphatic carbocycles. The molecule has 0 saturated carbocycles. The first kappa shape index (κ1) is 20.5. The molecule has 2 aromatic rings. The molecule has 0 amide bonds. The van der Waals surface area contributed by atoms with Crippen LogP contribution in [0.4, 0.5) is 0 Å². The van der Waals surface area contributed by atoms with E-state index in [4.69, 9.17) is 0 Å². The van der Waals surface area contributed by atoms with Crippen molar-refractivity contribution in [1.29, 1.82) is 0 Å². The Hall–Kier alpha value is -1.54. The van der Waals surface area contributed by atoms with Gasteiger partial charge in [-0.15, -0.1) is 0 Å². The number of nitrogens with zero attached hydrogens (tertiary/aromatic N) is 1. The van der Waals surface area contributed by atoms with Crippen molar-refractivity contribution >= 4 is 0 Å². The van der Waals surface area contributed by atoms with E-state index in [0.717, 1.165) is 17.7 Å². The van der Waals surface area contributed by atoms with Gasteiger partial charge < -0.3 is 17.5 Å². The van der Waals surface area contributed by atoms with Crippen LogP contribution in [0.5, 0.6) is 5.75 Å². The fourth-order valence-electron chi connectivity index (χ4n) is 2.86. The summed E-state index contributed by atoms with van der Waals surface area (Å²) in [5.41, 5.74) is 4.34. The maximum Gasteiger partial charge on any atom is 0.178 e. The molecular formula is C21H30ClNO. The van der Waals surface area contributed by atoms with Crippen LogP contribution in [-0.2, 0) is 17.4 Å². The Balaban J connectivity index is 0.00000288. The molecule has 2 nitrogen and oxygen atoms in total. The molecule has 1 N–H and O–H groups in total. The van der Waals surface area contributed by atoms with Crippen LogP contribution in [0, 0.1) is 6.92 Å². The zero-order valence-corrected chi connectivity index (χ0v) is 16.7. The minimum absolute atomic E-state index is 0. The number of aromatic nitrogens is 1. The molecule has 0 spiro atoms. The van der Waals surface area contributed by atoms with E-state index in [-0.39, 0.29) is 23.2 Å². The predicted octanol–water partition coefficient (Wildman–Crippen LogP) is 1.64. The van der Waals surface area contributed by atoms with E-state index in [0.29, 0.717) is 5.75 Å². The maximum absolute atomic E-state index is 10.8. The van der Waals surface area contributed by atoms with Crippen molar-refractivity contribution in [2.24, 2.45) is 0 Å². The van der Waals surface area contributed by atoms with Crippen molar-refractivity contribution < 1.29 is 22.1 Å². The summed E-state index contributed by atoms with van der Waals surface area (Å²) in [6, 6.07) is 10.6. The summed E-state index contributed by atoms with van der Waals surface area (Å²) in [5.74, 6) is 0.448. The molecule has 0 fully saturated rings. The van der Waals surface area contributed by atoms with Gasteiger partial charge in [-0.1, -0.05) is 47.6 Å². The minimum Gasteiger partial charge on any atom is -1.00 e. The topological polar surface area (TPSA) is 24.1 Å². The normalized spacial score (nSPS) is 12.0. The number of phenols is 1. The summed E-state index contributed by atoms with van der Waals surface area (Å²) in [4.78, 5) is 0. The van der Waals surface area contributed by atoms with Gasteiger partial charge in [0, 0.05) is 35.7 Å². The first-order valence-corrected chi connectivity index (χ1v) is 8.32. The molecule has 0 aliphatic heterocycles. The number of aromatic hydroxyl groups is 1. The average molecular weight is 348 g/mol. The summed E-state index contributed by atoms with van der Waals surface area (Å²) in [7, 11) is 0. The number of aryl methyl sites for hydroxylation is 1. The zero-order valence-electron chi connectivity index (χ0n) is 15.9. The van der Waals surface area contributed by atoms with Crippen molar-refractivity contribution in [3.63, 3.8) is 0 Å². The van der Waals surface area contributed by atoms with E-state index in [1.807, 2.05) is 0 Å². The van der Waals surface area contributed by atoms with E-state index < -0.39 is 0 Å². The monoisotopic (exact) mass is 347 g/mol. The van der Waals surface area contributed by atoms with Crippen LogP contribution in [0.3, 0.4) is 0 Å². The molecule has 0 bridgehead atoms. The van der Waals surface area contributed by atoms with Crippen LogP contribution < -0.4 is 17.0 Å². The predicted molar refractivity (Wildman–Crippen MR) is 96.0 cm³/mol. The SMILES string of the molecule is Cc1cccc[n+]1Cc1cc(C(C)(C)C)c(O)c(C(C)(C)C)c1.[Cl-]. The van der Waals surface area contributed by atoms with E-state index in [2.05, 4.69) is 89.6 Å². The van der Waals surface area contributed by atoms with Gasteiger partial charge in [-0.25, -0.2) is 0 Å². The van der Waals surface area contributed by atoms with Gasteiger partial charge in [-0.2, -0.15) is 4.57 Å². The third-order valence-electron chi connectivity index (χ3n) is 4.31. The highest BCUT2D eigenvalue weighted by Gasteiger charge is 2.27. The van der Waals surface area contributed by atoms with Crippen molar-refractivity contribution in [3.8, 4) is 5.75 Å². The quantitative estimate of drug-likeness (QED) is 0.820. The number of hydrogen-bond donors (Lipinski definition) is 1. The van der Waals surface area contributed by atoms with Crippen molar-refractivity contribution in [2.75, 3.05) is 0 Å². The fourth-order valence-corrected chi connectivity index (χ4v) is 2.86. The number of halogens is 1. The standard InChI is InChI=1S/C21H29NO.ClH/c1-15-10-8-9-11-22(15)14-16-12-17(20(2,3)4)19(23)18(13-16)21(5,6)7;/h8-13H,14H2,1-7H3;1H. The highest BCUT2D eigenvalue weighted by atomic mass is 35.5. The van der Waals surface area contributed by atoms with E-state index >= 15 is 0 Å². The van der Waals surface area contributed by atoms with E-state index in [1.165, 1.54) is 11.3 Å². The Morgan fingerprint density at radius 3 is 1.83 bits per heavy atom. The lowest BCUT2D eigenvalue weighted by Gasteiger charge is -2.28. The summed E-state index contributed by atoms with van der Waals surface area (Å²) >= 11 is 0. The van der Waals surface area contributed by atoms with E-state index in [1.54, 1.807) is 0 Å². The molecule has 0 saturated heterocycles. The molecule has 0 atom stereocenters. The molecule has 1 heterocycles. The van der Waals surface area contributed by atoms with Crippen LogP contribution in [-0.4, -0.2) is 5.11 Å². The van der Waals surface area contributed by atoms with Crippen molar-refractivity contribution in [2.45, 2.75) is 65.8 Å². The Morgan fingerprint density at radius 2 is 1.42 bits per heavy atom. The molecule has 2 rings (SSSR count). The molecule has 3 heteroatoms. The van der Waals surface area contributed by atoms with Gasteiger partial charge >= 0.3 is 0 Å². The van der Waals surface area contributed by atoms with Crippen molar-refractivity contribution in [1.82, 2.24) is 0 Å². The first-order valence-electron chi connectivity index (χ1n) is 8.32. The Bertz CT molecular complexity index is 674. The highest BCUT2D eigenvalue weighted by Crippen LogP contribution is 2.39. The summed E-state index contributed by atoms with van der Waals surface area (Å²) in [6.07, 6.45) is 2.11. The van der Waals surface area contributed by atoms with Gasteiger partial charge in [0.2, 0.25) is 0 Å². The Kier molecular flexibility index (Phi) is 6.10. The van der Waals surface area contributed by atoms with Crippen LogP contribution >= 0.6 is 0 Å². The molecule has 132 valence electrons. The van der Waals surface area contributed by atoms with Gasteiger partial charge in [-0.3, -0.25) is 0 Å². The third kappa shape index (κ3) is 4.51. The lowest BCUT2D eigenvalue weighted by molar-refractivity contribution is -0.694. The second kappa shape index (κ2) is 7.14. The van der Waals surface area contributed by atoms with E-state index in [9.17, 15) is 5.11 Å². The van der Waals surface area contributed by atoms with Gasteiger partial charge in [0.15, 0.2) is 18.4 Å². The summed E-state index contributed by atoms with van der Waals surface area (Å²) in [5, 5.41) is 10.8. The summed E-state index contributed by atoms with van der Waals surface area (Å²) in [6.45, 7) is 15.9. The van der Waals surface area contributed by atoms with Crippen molar-refractivity contribution in [3.05, 3.63) is 58.9 Å². The molecule has 0 unspecified atom stereocenters. The molecular weight excluding hydrogens is 318 g/mol. The smallest absolute Gasteiger partial charge is 0.178 e. The number of phenolic OH excluding ortho intramolecular Hbond substituents is 1. The van der Waals surface area contributed by atoms with Gasteiger partial charge in [-0.05, 0) is 23.0 Å². The van der Waals surface area contributed by atoms with Crippen LogP contribution in [0.2, 0.25) is 0 Å². The summed E-state index contributed by atoms with van der Waals surface area (Å²) < 4.78 is 2.24. The minimum atomic E-state index is -0.0868. The maximum atomic E-state index is 10.8. The number of rotatable bonds is 2. The molecule has 0 radical (unpaired) electrons. The first-order chi connectivity index (χ1) is 10.5. The third-order valence-corrected chi connectivity index (χ3v) is 4.31. The number of hydrogen-bond acceptors (Lipinski definition) is 1. The number of pyridine rings is 1. The van der Waals surface area contributed by atoms with Gasteiger partial charge in [0.25, 0.3) is 0 Å². The van der Waals surface area contributed by atoms with Crippen LogP contribution in [0.15, 0.2) is 36.5 Å². The molecule has 1 aromatic heterocycles. The molecule has 24 heavy (non-hydrogen) atoms. The van der Waals surface area contributed by atoms with Crippen LogP contribution in [0.25, 0.3) is 0 Å². The fraction of sp³-hybridized carbons (Fsp3) is 0.476. The Morgan fingerprint density at radius 1 is 0.917 bits per heavy atom. The lowest BCUT2D eigenvalue weighted by atomic mass is 9.78. The number of benzene rings is 1.